The Morgan fingerprint density at radius 3 is 1.89 bits per heavy atom. The van der Waals surface area contributed by atoms with Gasteiger partial charge in [-0.05, 0) is 0 Å². The van der Waals surface area contributed by atoms with Crippen LogP contribution in [0, 0.1) is 17.8 Å². The molecule has 0 aromatic heterocycles. The fraction of sp³-hybridized carbons (Fsp3) is 0.667. The lowest BCUT2D eigenvalue weighted by atomic mass is 9.86. The third kappa shape index (κ3) is 2.69. The average molecular weight is 125 g/mol. The smallest absolute Gasteiger partial charge is 0.0508 e. The normalized spacial score (nSPS) is 17.4. The van der Waals surface area contributed by atoms with Gasteiger partial charge in [-0.3, -0.25) is 0 Å². The van der Waals surface area contributed by atoms with E-state index in [4.69, 9.17) is 0 Å². The molecule has 2 atom stereocenters. The van der Waals surface area contributed by atoms with Crippen LogP contribution in [0.5, 0.6) is 0 Å². The standard InChI is InChI=1S/C9H17/c1-6-8(4)9(5)7(2)3/h6,8-9H,1H2,2-5H3/q-1. The molecule has 0 aliphatic heterocycles. The molecule has 0 heterocycles. The molecule has 0 saturated carbocycles. The Hall–Kier alpha value is -0.260. The highest BCUT2D eigenvalue weighted by Gasteiger charge is 2.01. The minimum Gasteiger partial charge on any atom is -0.316 e. The lowest BCUT2D eigenvalue weighted by Gasteiger charge is -2.31. The molecule has 0 nitrogen and oxygen atoms in total. The molecule has 0 amide bonds. The first kappa shape index (κ1) is 8.74. The lowest BCUT2D eigenvalue weighted by Crippen LogP contribution is -2.09. The summed E-state index contributed by atoms with van der Waals surface area (Å²) < 4.78 is 0. The Bertz CT molecular complexity index is 82.0. The Kier molecular flexibility index (Phi) is 3.60. The molecule has 9 heavy (non-hydrogen) atoms. The van der Waals surface area contributed by atoms with E-state index in [1.165, 1.54) is 5.92 Å². The van der Waals surface area contributed by atoms with E-state index >= 15 is 0 Å². The maximum atomic E-state index is 3.75. The van der Waals surface area contributed by atoms with Crippen LogP contribution in [0.2, 0.25) is 0 Å². The van der Waals surface area contributed by atoms with Crippen LogP contribution in [0.15, 0.2) is 12.7 Å². The van der Waals surface area contributed by atoms with Crippen LogP contribution in [-0.4, -0.2) is 0 Å². The average Bonchev–Trinajstić information content (AvgIpc) is 1.84. The zero-order chi connectivity index (χ0) is 7.44. The van der Waals surface area contributed by atoms with Gasteiger partial charge >= 0.3 is 0 Å². The van der Waals surface area contributed by atoms with E-state index in [1.54, 1.807) is 0 Å². The maximum Gasteiger partial charge on any atom is -0.0508 e. The molecule has 0 bridgehead atoms. The molecular weight excluding hydrogens is 108 g/mol. The number of hydrogen-bond acceptors (Lipinski definition) is 0. The molecule has 0 spiro atoms. The van der Waals surface area contributed by atoms with Crippen molar-refractivity contribution in [3.8, 4) is 0 Å². The fourth-order valence-corrected chi connectivity index (χ4v) is 0.730. The molecule has 0 saturated heterocycles. The summed E-state index contributed by atoms with van der Waals surface area (Å²) in [5, 5.41) is 0. The van der Waals surface area contributed by atoms with E-state index in [9.17, 15) is 0 Å². The van der Waals surface area contributed by atoms with Gasteiger partial charge in [-0.2, -0.15) is 19.8 Å². The number of hydrogen-bond donors (Lipinski definition) is 0. The molecule has 0 rings (SSSR count). The number of allylic oxidation sites excluding steroid dienone is 1. The van der Waals surface area contributed by atoms with Gasteiger partial charge in [0.2, 0.25) is 0 Å². The minimum absolute atomic E-state index is 0.620. The first-order chi connectivity index (χ1) is 4.09. The fourth-order valence-electron chi connectivity index (χ4n) is 0.730. The summed E-state index contributed by atoms with van der Waals surface area (Å²) in [4.78, 5) is 0. The van der Waals surface area contributed by atoms with Crippen LogP contribution in [-0.2, 0) is 0 Å². The molecule has 0 heteroatoms. The Morgan fingerprint density at radius 2 is 1.78 bits per heavy atom. The van der Waals surface area contributed by atoms with E-state index in [-0.39, 0.29) is 0 Å². The Morgan fingerprint density at radius 1 is 1.33 bits per heavy atom. The van der Waals surface area contributed by atoms with Crippen molar-refractivity contribution in [2.45, 2.75) is 27.7 Å². The van der Waals surface area contributed by atoms with Crippen LogP contribution in [0.4, 0.5) is 0 Å². The van der Waals surface area contributed by atoms with Gasteiger partial charge < -0.3 is 5.92 Å². The topological polar surface area (TPSA) is 0 Å². The van der Waals surface area contributed by atoms with Gasteiger partial charge in [0, 0.05) is 0 Å². The van der Waals surface area contributed by atoms with Gasteiger partial charge in [-0.15, -0.1) is 6.58 Å². The van der Waals surface area contributed by atoms with E-state index in [0.717, 1.165) is 0 Å². The third-order valence-electron chi connectivity index (χ3n) is 2.07. The van der Waals surface area contributed by atoms with Crippen molar-refractivity contribution in [2.75, 3.05) is 0 Å². The van der Waals surface area contributed by atoms with Gasteiger partial charge in [0.1, 0.15) is 0 Å². The summed E-state index contributed by atoms with van der Waals surface area (Å²) >= 11 is 0. The van der Waals surface area contributed by atoms with Crippen molar-refractivity contribution in [1.82, 2.24) is 0 Å². The summed E-state index contributed by atoms with van der Waals surface area (Å²) in [6.45, 7) is 12.5. The molecule has 0 aliphatic carbocycles. The second-order valence-electron chi connectivity index (χ2n) is 2.96. The summed E-state index contributed by atoms with van der Waals surface area (Å²) in [5.74, 6) is 2.79. The summed E-state index contributed by atoms with van der Waals surface area (Å²) in [6, 6.07) is 0. The van der Waals surface area contributed by atoms with Crippen LogP contribution < -0.4 is 0 Å². The van der Waals surface area contributed by atoms with Crippen LogP contribution in [0.1, 0.15) is 27.7 Å². The van der Waals surface area contributed by atoms with Crippen molar-refractivity contribution in [3.05, 3.63) is 18.6 Å². The molecule has 0 aromatic rings. The van der Waals surface area contributed by atoms with Gasteiger partial charge in [0.05, 0.1) is 0 Å². The summed E-state index contributed by atoms with van der Waals surface area (Å²) in [7, 11) is 0. The second-order valence-corrected chi connectivity index (χ2v) is 2.96. The summed E-state index contributed by atoms with van der Waals surface area (Å²) in [6.07, 6.45) is 2.01. The van der Waals surface area contributed by atoms with Crippen molar-refractivity contribution in [3.63, 3.8) is 0 Å². The molecule has 54 valence electrons. The Labute approximate surface area is 59.0 Å². The molecule has 2 unspecified atom stereocenters. The van der Waals surface area contributed by atoms with Gasteiger partial charge in [-0.25, -0.2) is 0 Å². The van der Waals surface area contributed by atoms with Gasteiger partial charge in [-0.1, -0.05) is 25.8 Å². The monoisotopic (exact) mass is 125 g/mol. The van der Waals surface area contributed by atoms with E-state index in [1.807, 2.05) is 6.08 Å². The Balaban J connectivity index is 3.71. The second kappa shape index (κ2) is 3.71. The van der Waals surface area contributed by atoms with Crippen molar-refractivity contribution in [1.29, 1.82) is 0 Å². The first-order valence-electron chi connectivity index (χ1n) is 3.52. The maximum absolute atomic E-state index is 3.75. The van der Waals surface area contributed by atoms with Crippen LogP contribution in [0.3, 0.4) is 0 Å². The molecule has 0 aromatic carbocycles. The zero-order valence-electron chi connectivity index (χ0n) is 6.94. The lowest BCUT2D eigenvalue weighted by molar-refractivity contribution is 0.479. The van der Waals surface area contributed by atoms with E-state index < -0.39 is 0 Å². The first-order valence-corrected chi connectivity index (χ1v) is 3.52. The van der Waals surface area contributed by atoms with E-state index in [2.05, 4.69) is 34.3 Å². The van der Waals surface area contributed by atoms with E-state index in [0.29, 0.717) is 11.8 Å². The highest BCUT2D eigenvalue weighted by Crippen LogP contribution is 2.21. The largest absolute Gasteiger partial charge is 0.316 e. The highest BCUT2D eigenvalue weighted by atomic mass is 14.2. The zero-order valence-corrected chi connectivity index (χ0v) is 6.94. The molecule has 0 N–H and O–H groups in total. The quantitative estimate of drug-likeness (QED) is 0.401. The third-order valence-corrected chi connectivity index (χ3v) is 2.07. The molecule has 0 fully saturated rings. The molecular formula is C9H17-. The minimum atomic E-state index is 0.620. The van der Waals surface area contributed by atoms with Crippen molar-refractivity contribution < 1.29 is 0 Å². The van der Waals surface area contributed by atoms with Crippen LogP contribution >= 0.6 is 0 Å². The predicted molar refractivity (Wildman–Crippen MR) is 43.1 cm³/mol. The SMILES string of the molecule is C=CC(C)C(C)[C-](C)C. The number of rotatable bonds is 3. The van der Waals surface area contributed by atoms with Gasteiger partial charge in [0.25, 0.3) is 0 Å². The van der Waals surface area contributed by atoms with Gasteiger partial charge in [0.15, 0.2) is 0 Å². The molecule has 0 aliphatic rings. The van der Waals surface area contributed by atoms with Crippen molar-refractivity contribution >= 4 is 0 Å². The summed E-state index contributed by atoms with van der Waals surface area (Å²) in [5.41, 5.74) is 0. The van der Waals surface area contributed by atoms with Crippen molar-refractivity contribution in [2.24, 2.45) is 11.8 Å². The molecule has 0 radical (unpaired) electrons. The highest BCUT2D eigenvalue weighted by molar-refractivity contribution is 4.92. The van der Waals surface area contributed by atoms with Crippen LogP contribution in [0.25, 0.3) is 0 Å². The predicted octanol–water partition coefficient (Wildman–Crippen LogP) is 3.06.